The van der Waals surface area contributed by atoms with Crippen LogP contribution >= 0.6 is 0 Å². The van der Waals surface area contributed by atoms with Crippen LogP contribution in [0.5, 0.6) is 0 Å². The van der Waals surface area contributed by atoms with E-state index in [1.807, 2.05) is 6.07 Å². The maximum Gasteiger partial charge on any atom is 0.337 e. The summed E-state index contributed by atoms with van der Waals surface area (Å²) in [7, 11) is 0. The molecule has 0 aliphatic carbocycles. The predicted octanol–water partition coefficient (Wildman–Crippen LogP) is 4.12. The summed E-state index contributed by atoms with van der Waals surface area (Å²) in [6.45, 7) is 9.64. The van der Waals surface area contributed by atoms with E-state index in [0.29, 0.717) is 11.1 Å². The SMILES string of the molecule is CCCc1nc2c(C(=O)O)cccc2n1CCC(C)(C)C. The van der Waals surface area contributed by atoms with E-state index >= 15 is 0 Å². The van der Waals surface area contributed by atoms with Gasteiger partial charge in [0.25, 0.3) is 0 Å². The van der Waals surface area contributed by atoms with E-state index in [2.05, 4.69) is 37.2 Å². The van der Waals surface area contributed by atoms with Crippen molar-refractivity contribution in [2.45, 2.75) is 53.5 Å². The van der Waals surface area contributed by atoms with Crippen molar-refractivity contribution < 1.29 is 9.90 Å². The largest absolute Gasteiger partial charge is 0.478 e. The normalized spacial score (nSPS) is 12.0. The molecule has 114 valence electrons. The highest BCUT2D eigenvalue weighted by Gasteiger charge is 2.18. The van der Waals surface area contributed by atoms with Crippen LogP contribution in [0, 0.1) is 5.41 Å². The fourth-order valence-corrected chi connectivity index (χ4v) is 2.48. The van der Waals surface area contributed by atoms with Gasteiger partial charge in [-0.05, 0) is 30.4 Å². The average Bonchev–Trinajstić information content (AvgIpc) is 2.73. The van der Waals surface area contributed by atoms with Crippen molar-refractivity contribution in [1.29, 1.82) is 0 Å². The van der Waals surface area contributed by atoms with Gasteiger partial charge in [-0.25, -0.2) is 9.78 Å². The molecule has 0 aliphatic rings. The molecule has 21 heavy (non-hydrogen) atoms. The van der Waals surface area contributed by atoms with Gasteiger partial charge in [0.2, 0.25) is 0 Å². The van der Waals surface area contributed by atoms with Crippen molar-refractivity contribution in [2.24, 2.45) is 5.41 Å². The monoisotopic (exact) mass is 288 g/mol. The number of aromatic nitrogens is 2. The molecule has 0 atom stereocenters. The summed E-state index contributed by atoms with van der Waals surface area (Å²) >= 11 is 0. The van der Waals surface area contributed by atoms with Crippen molar-refractivity contribution in [1.82, 2.24) is 9.55 Å². The van der Waals surface area contributed by atoms with Crippen LogP contribution in [0.25, 0.3) is 11.0 Å². The van der Waals surface area contributed by atoms with E-state index in [-0.39, 0.29) is 5.41 Å². The van der Waals surface area contributed by atoms with Gasteiger partial charge in [-0.3, -0.25) is 0 Å². The molecule has 0 saturated heterocycles. The van der Waals surface area contributed by atoms with Gasteiger partial charge in [0.15, 0.2) is 0 Å². The number of aryl methyl sites for hydroxylation is 2. The Balaban J connectivity index is 2.52. The molecular formula is C17H24N2O2. The van der Waals surface area contributed by atoms with E-state index in [0.717, 1.165) is 37.1 Å². The maximum atomic E-state index is 11.4. The van der Waals surface area contributed by atoms with Crippen molar-refractivity contribution in [2.75, 3.05) is 0 Å². The Labute approximate surface area is 125 Å². The van der Waals surface area contributed by atoms with Crippen molar-refractivity contribution in [3.05, 3.63) is 29.6 Å². The maximum absolute atomic E-state index is 11.4. The predicted molar refractivity (Wildman–Crippen MR) is 84.8 cm³/mol. The first-order valence-corrected chi connectivity index (χ1v) is 7.55. The second kappa shape index (κ2) is 5.88. The second-order valence-electron chi connectivity index (χ2n) is 6.72. The van der Waals surface area contributed by atoms with E-state index in [9.17, 15) is 9.90 Å². The topological polar surface area (TPSA) is 55.1 Å². The minimum absolute atomic E-state index is 0.241. The Morgan fingerprint density at radius 1 is 1.33 bits per heavy atom. The third-order valence-electron chi connectivity index (χ3n) is 3.65. The van der Waals surface area contributed by atoms with Crippen molar-refractivity contribution in [3.63, 3.8) is 0 Å². The number of para-hydroxylation sites is 1. The first-order valence-electron chi connectivity index (χ1n) is 7.55. The molecule has 0 fully saturated rings. The minimum Gasteiger partial charge on any atom is -0.478 e. The summed E-state index contributed by atoms with van der Waals surface area (Å²) in [6, 6.07) is 5.40. The number of nitrogens with zero attached hydrogens (tertiary/aromatic N) is 2. The lowest BCUT2D eigenvalue weighted by molar-refractivity contribution is 0.0699. The summed E-state index contributed by atoms with van der Waals surface area (Å²) in [6.07, 6.45) is 2.91. The molecule has 0 saturated carbocycles. The van der Waals surface area contributed by atoms with Gasteiger partial charge < -0.3 is 9.67 Å². The highest BCUT2D eigenvalue weighted by molar-refractivity contribution is 6.01. The number of aromatic carboxylic acids is 1. The molecule has 0 radical (unpaired) electrons. The highest BCUT2D eigenvalue weighted by atomic mass is 16.4. The molecule has 0 amide bonds. The number of imidazole rings is 1. The van der Waals surface area contributed by atoms with Crippen molar-refractivity contribution in [3.8, 4) is 0 Å². The molecular weight excluding hydrogens is 264 g/mol. The zero-order valence-electron chi connectivity index (χ0n) is 13.3. The first-order chi connectivity index (χ1) is 9.83. The molecule has 1 heterocycles. The molecule has 0 spiro atoms. The van der Waals surface area contributed by atoms with Crippen LogP contribution in [0.3, 0.4) is 0 Å². The zero-order valence-corrected chi connectivity index (χ0v) is 13.3. The van der Waals surface area contributed by atoms with Gasteiger partial charge in [-0.15, -0.1) is 0 Å². The van der Waals surface area contributed by atoms with Gasteiger partial charge in [0, 0.05) is 13.0 Å². The summed E-state index contributed by atoms with van der Waals surface area (Å²) in [5, 5.41) is 9.32. The van der Waals surface area contributed by atoms with Gasteiger partial charge >= 0.3 is 5.97 Å². The molecule has 4 heteroatoms. The number of carboxylic acid groups (broad SMARTS) is 1. The summed E-state index contributed by atoms with van der Waals surface area (Å²) in [5.74, 6) is 0.0783. The Morgan fingerprint density at radius 2 is 2.05 bits per heavy atom. The summed E-state index contributed by atoms with van der Waals surface area (Å²) in [5.41, 5.74) is 2.08. The van der Waals surface area contributed by atoms with Gasteiger partial charge in [0.05, 0.1) is 11.1 Å². The molecule has 0 bridgehead atoms. The molecule has 0 aliphatic heterocycles. The Bertz CT molecular complexity index is 651. The Kier molecular flexibility index (Phi) is 4.35. The fraction of sp³-hybridized carbons (Fsp3) is 0.529. The third kappa shape index (κ3) is 3.43. The van der Waals surface area contributed by atoms with Crippen LogP contribution in [0.15, 0.2) is 18.2 Å². The standard InChI is InChI=1S/C17H24N2O2/c1-5-7-14-18-15-12(16(20)21)8-6-9-13(15)19(14)11-10-17(2,3)4/h6,8-9H,5,7,10-11H2,1-4H3,(H,20,21). The summed E-state index contributed by atoms with van der Waals surface area (Å²) < 4.78 is 2.19. The molecule has 1 aromatic heterocycles. The number of carboxylic acids is 1. The molecule has 2 rings (SSSR count). The van der Waals surface area contributed by atoms with Crippen LogP contribution < -0.4 is 0 Å². The Hall–Kier alpha value is -1.84. The number of hydrogen-bond donors (Lipinski definition) is 1. The average molecular weight is 288 g/mol. The molecule has 1 aromatic carbocycles. The van der Waals surface area contributed by atoms with Crippen LogP contribution in [-0.2, 0) is 13.0 Å². The number of carbonyl (C=O) groups is 1. The zero-order chi connectivity index (χ0) is 15.6. The van der Waals surface area contributed by atoms with Crippen LogP contribution in [0.2, 0.25) is 0 Å². The number of rotatable bonds is 5. The second-order valence-corrected chi connectivity index (χ2v) is 6.72. The van der Waals surface area contributed by atoms with Gasteiger partial charge in [-0.1, -0.05) is 33.8 Å². The van der Waals surface area contributed by atoms with Crippen molar-refractivity contribution >= 4 is 17.0 Å². The molecule has 1 N–H and O–H groups in total. The van der Waals surface area contributed by atoms with E-state index in [1.165, 1.54) is 0 Å². The molecule has 0 unspecified atom stereocenters. The summed E-state index contributed by atoms with van der Waals surface area (Å²) in [4.78, 5) is 16.0. The van der Waals surface area contributed by atoms with Gasteiger partial charge in [-0.2, -0.15) is 0 Å². The fourth-order valence-electron chi connectivity index (χ4n) is 2.48. The number of benzene rings is 1. The number of hydrogen-bond acceptors (Lipinski definition) is 2. The lowest BCUT2D eigenvalue weighted by atomic mass is 9.92. The van der Waals surface area contributed by atoms with Gasteiger partial charge in [0.1, 0.15) is 11.3 Å². The quantitative estimate of drug-likeness (QED) is 0.900. The molecule has 2 aromatic rings. The van der Waals surface area contributed by atoms with Crippen LogP contribution in [0.1, 0.15) is 56.7 Å². The smallest absolute Gasteiger partial charge is 0.337 e. The first kappa shape index (κ1) is 15.5. The van der Waals surface area contributed by atoms with Crippen LogP contribution in [-0.4, -0.2) is 20.6 Å². The third-order valence-corrected chi connectivity index (χ3v) is 3.65. The lowest BCUT2D eigenvalue weighted by Gasteiger charge is -2.19. The van der Waals surface area contributed by atoms with Crippen LogP contribution in [0.4, 0.5) is 0 Å². The van der Waals surface area contributed by atoms with E-state index < -0.39 is 5.97 Å². The lowest BCUT2D eigenvalue weighted by Crippen LogP contribution is -2.12. The Morgan fingerprint density at radius 3 is 2.62 bits per heavy atom. The molecule has 4 nitrogen and oxygen atoms in total. The van der Waals surface area contributed by atoms with E-state index in [1.54, 1.807) is 12.1 Å². The van der Waals surface area contributed by atoms with E-state index in [4.69, 9.17) is 0 Å². The minimum atomic E-state index is -0.913. The number of fused-ring (bicyclic) bond motifs is 1. The highest BCUT2D eigenvalue weighted by Crippen LogP contribution is 2.25.